The molecule has 3 rings (SSSR count). The van der Waals surface area contributed by atoms with E-state index < -0.39 is 17.0 Å². The van der Waals surface area contributed by atoms with Gasteiger partial charge in [-0.05, 0) is 56.0 Å². The molecule has 2 aromatic carbocycles. The van der Waals surface area contributed by atoms with Crippen molar-refractivity contribution in [3.8, 4) is 22.6 Å². The minimum atomic E-state index is -0.922. The summed E-state index contributed by atoms with van der Waals surface area (Å²) in [6, 6.07) is 13.4. The summed E-state index contributed by atoms with van der Waals surface area (Å²) in [4.78, 5) is 14.2. The standard InChI is InChI=1S/C22H23FN2O3S/c1-22(2,27)11-12-28-20-19(15-7-9-18(29-3)10-8-15)14-24-25(21(20)26)17-6-4-5-16(23)13-17/h4-10,13-14,27H,11-12H2,1-3H3. The third kappa shape index (κ3) is 5.25. The van der Waals surface area contributed by atoms with E-state index in [1.165, 1.54) is 18.2 Å². The summed E-state index contributed by atoms with van der Waals surface area (Å²) < 4.78 is 20.6. The van der Waals surface area contributed by atoms with Gasteiger partial charge in [-0.25, -0.2) is 4.39 Å². The number of aliphatic hydroxyl groups is 1. The summed E-state index contributed by atoms with van der Waals surface area (Å²) in [5.74, 6) is -0.345. The van der Waals surface area contributed by atoms with Crippen LogP contribution in [-0.2, 0) is 0 Å². The molecule has 0 amide bonds. The number of ether oxygens (including phenoxy) is 1. The molecule has 29 heavy (non-hydrogen) atoms. The Hall–Kier alpha value is -2.64. The number of rotatable bonds is 7. The van der Waals surface area contributed by atoms with Gasteiger partial charge in [-0.3, -0.25) is 4.79 Å². The van der Waals surface area contributed by atoms with Crippen molar-refractivity contribution < 1.29 is 14.2 Å². The zero-order chi connectivity index (χ0) is 21.0. The van der Waals surface area contributed by atoms with Crippen LogP contribution in [0.2, 0.25) is 0 Å². The molecule has 0 aliphatic carbocycles. The predicted octanol–water partition coefficient (Wildman–Crippen LogP) is 4.30. The van der Waals surface area contributed by atoms with Crippen LogP contribution in [0.1, 0.15) is 20.3 Å². The molecule has 0 saturated carbocycles. The molecular weight excluding hydrogens is 391 g/mol. The summed E-state index contributed by atoms with van der Waals surface area (Å²) in [5.41, 5.74) is 0.238. The van der Waals surface area contributed by atoms with Crippen molar-refractivity contribution in [2.45, 2.75) is 30.8 Å². The fraction of sp³-hybridized carbons (Fsp3) is 0.273. The molecule has 7 heteroatoms. The van der Waals surface area contributed by atoms with Gasteiger partial charge in [-0.2, -0.15) is 9.78 Å². The average Bonchev–Trinajstić information content (AvgIpc) is 2.68. The van der Waals surface area contributed by atoms with Gasteiger partial charge in [0.25, 0.3) is 0 Å². The van der Waals surface area contributed by atoms with Crippen molar-refractivity contribution in [2.24, 2.45) is 0 Å². The SMILES string of the molecule is CSc1ccc(-c2cnn(-c3cccc(F)c3)c(=O)c2OCCC(C)(C)O)cc1. The van der Waals surface area contributed by atoms with E-state index in [0.717, 1.165) is 15.1 Å². The van der Waals surface area contributed by atoms with Crippen molar-refractivity contribution >= 4 is 11.8 Å². The molecule has 1 N–H and O–H groups in total. The van der Waals surface area contributed by atoms with Gasteiger partial charge in [0.15, 0.2) is 5.75 Å². The molecule has 0 radical (unpaired) electrons. The number of hydrogen-bond donors (Lipinski definition) is 1. The molecular formula is C22H23FN2O3S. The highest BCUT2D eigenvalue weighted by Crippen LogP contribution is 2.29. The number of hydrogen-bond acceptors (Lipinski definition) is 5. The van der Waals surface area contributed by atoms with Crippen molar-refractivity contribution in [1.82, 2.24) is 9.78 Å². The lowest BCUT2D eigenvalue weighted by Gasteiger charge is -2.18. The van der Waals surface area contributed by atoms with Gasteiger partial charge in [0, 0.05) is 16.9 Å². The minimum absolute atomic E-state index is 0.116. The fourth-order valence-electron chi connectivity index (χ4n) is 2.75. The van der Waals surface area contributed by atoms with E-state index in [-0.39, 0.29) is 12.4 Å². The van der Waals surface area contributed by atoms with Crippen LogP contribution >= 0.6 is 11.8 Å². The third-order valence-corrected chi connectivity index (χ3v) is 5.09. The summed E-state index contributed by atoms with van der Waals surface area (Å²) in [6.45, 7) is 3.51. The highest BCUT2D eigenvalue weighted by Gasteiger charge is 2.18. The normalized spacial score (nSPS) is 11.5. The van der Waals surface area contributed by atoms with Crippen LogP contribution in [0.15, 0.2) is 64.4 Å². The lowest BCUT2D eigenvalue weighted by atomic mass is 10.1. The zero-order valence-electron chi connectivity index (χ0n) is 16.6. The molecule has 1 aromatic heterocycles. The van der Waals surface area contributed by atoms with Crippen molar-refractivity contribution in [1.29, 1.82) is 0 Å². The quantitative estimate of drug-likeness (QED) is 0.584. The van der Waals surface area contributed by atoms with Gasteiger partial charge >= 0.3 is 5.56 Å². The molecule has 0 saturated heterocycles. The third-order valence-electron chi connectivity index (χ3n) is 4.35. The molecule has 0 aliphatic rings. The largest absolute Gasteiger partial charge is 0.487 e. The Bertz CT molecular complexity index is 1040. The number of aromatic nitrogens is 2. The summed E-state index contributed by atoms with van der Waals surface area (Å²) >= 11 is 1.62. The first-order valence-electron chi connectivity index (χ1n) is 9.16. The van der Waals surface area contributed by atoms with Crippen LogP contribution in [0.4, 0.5) is 4.39 Å². The lowest BCUT2D eigenvalue weighted by Crippen LogP contribution is -2.26. The van der Waals surface area contributed by atoms with Crippen LogP contribution in [0, 0.1) is 5.82 Å². The number of thioether (sulfide) groups is 1. The fourth-order valence-corrected chi connectivity index (χ4v) is 3.16. The van der Waals surface area contributed by atoms with Gasteiger partial charge in [0.1, 0.15) is 5.82 Å². The molecule has 5 nitrogen and oxygen atoms in total. The van der Waals surface area contributed by atoms with E-state index in [1.54, 1.807) is 37.9 Å². The van der Waals surface area contributed by atoms with Crippen LogP contribution in [-0.4, -0.2) is 33.4 Å². The van der Waals surface area contributed by atoms with Crippen LogP contribution in [0.5, 0.6) is 5.75 Å². The second-order valence-corrected chi connectivity index (χ2v) is 8.10. The van der Waals surface area contributed by atoms with E-state index in [1.807, 2.05) is 30.5 Å². The molecule has 0 fully saturated rings. The van der Waals surface area contributed by atoms with Crippen molar-refractivity contribution in [3.05, 3.63) is 70.9 Å². The monoisotopic (exact) mass is 414 g/mol. The minimum Gasteiger partial charge on any atom is -0.487 e. The first-order valence-corrected chi connectivity index (χ1v) is 10.4. The van der Waals surface area contributed by atoms with E-state index in [0.29, 0.717) is 17.7 Å². The van der Waals surface area contributed by atoms with E-state index in [9.17, 15) is 14.3 Å². The highest BCUT2D eigenvalue weighted by atomic mass is 32.2. The van der Waals surface area contributed by atoms with Crippen molar-refractivity contribution in [2.75, 3.05) is 12.9 Å². The highest BCUT2D eigenvalue weighted by molar-refractivity contribution is 7.98. The van der Waals surface area contributed by atoms with Gasteiger partial charge in [-0.1, -0.05) is 18.2 Å². The van der Waals surface area contributed by atoms with E-state index in [2.05, 4.69) is 5.10 Å². The van der Waals surface area contributed by atoms with Gasteiger partial charge in [0.05, 0.1) is 24.1 Å². The summed E-state index contributed by atoms with van der Waals surface area (Å²) in [6.07, 6.45) is 3.88. The van der Waals surface area contributed by atoms with E-state index in [4.69, 9.17) is 4.74 Å². The van der Waals surface area contributed by atoms with Gasteiger partial charge < -0.3 is 9.84 Å². The maximum Gasteiger partial charge on any atom is 0.314 e. The summed E-state index contributed by atoms with van der Waals surface area (Å²) in [5, 5.41) is 14.2. The van der Waals surface area contributed by atoms with Crippen LogP contribution in [0.25, 0.3) is 16.8 Å². The molecule has 152 valence electrons. The Labute approximate surface area is 173 Å². The van der Waals surface area contributed by atoms with Gasteiger partial charge in [0.2, 0.25) is 0 Å². The molecule has 0 spiro atoms. The topological polar surface area (TPSA) is 64.4 Å². The zero-order valence-corrected chi connectivity index (χ0v) is 17.4. The van der Waals surface area contributed by atoms with Crippen LogP contribution in [0.3, 0.4) is 0 Å². The smallest absolute Gasteiger partial charge is 0.314 e. The Morgan fingerprint density at radius 3 is 2.55 bits per heavy atom. The number of halogens is 1. The molecule has 1 heterocycles. The Morgan fingerprint density at radius 2 is 1.93 bits per heavy atom. The first-order chi connectivity index (χ1) is 13.8. The molecule has 3 aromatic rings. The van der Waals surface area contributed by atoms with Crippen LogP contribution < -0.4 is 10.3 Å². The summed E-state index contributed by atoms with van der Waals surface area (Å²) in [7, 11) is 0. The average molecular weight is 415 g/mol. The molecule has 0 atom stereocenters. The molecule has 0 unspecified atom stereocenters. The first kappa shape index (κ1) is 21.1. The molecule has 0 aliphatic heterocycles. The predicted molar refractivity (Wildman–Crippen MR) is 113 cm³/mol. The van der Waals surface area contributed by atoms with Gasteiger partial charge in [-0.15, -0.1) is 11.8 Å². The number of nitrogens with zero attached hydrogens (tertiary/aromatic N) is 2. The molecule has 0 bridgehead atoms. The van der Waals surface area contributed by atoms with Crippen molar-refractivity contribution in [3.63, 3.8) is 0 Å². The Kier molecular flexibility index (Phi) is 6.39. The lowest BCUT2D eigenvalue weighted by molar-refractivity contribution is 0.0551. The Morgan fingerprint density at radius 1 is 1.21 bits per heavy atom. The van der Waals surface area contributed by atoms with E-state index >= 15 is 0 Å². The Balaban J connectivity index is 2.07. The second kappa shape index (κ2) is 8.80. The maximum atomic E-state index is 13.6. The maximum absolute atomic E-state index is 13.6. The second-order valence-electron chi connectivity index (χ2n) is 7.22. The number of benzene rings is 2.